The predicted molar refractivity (Wildman–Crippen MR) is 135 cm³/mol. The fourth-order valence-corrected chi connectivity index (χ4v) is 5.14. The predicted octanol–water partition coefficient (Wildman–Crippen LogP) is 3.97. The lowest BCUT2D eigenvalue weighted by atomic mass is 9.91. The summed E-state index contributed by atoms with van der Waals surface area (Å²) in [6, 6.07) is 14.8. The number of sulfonamides is 1. The number of aryl methyl sites for hydroxylation is 3. The number of nitrogens with one attached hydrogen (secondary N) is 1. The SMILES string of the molecule is Cc1ccc(NS(C)(=O)=O)c(C(=O)N2Cc3ccccc3CC2c2cc3nc(C)c(C)cn3n2)c1. The highest BCUT2D eigenvalue weighted by molar-refractivity contribution is 7.92. The van der Waals surface area contributed by atoms with Crippen molar-refractivity contribution in [3.8, 4) is 0 Å². The minimum atomic E-state index is -3.56. The van der Waals surface area contributed by atoms with Crippen LogP contribution in [0.5, 0.6) is 0 Å². The zero-order valence-corrected chi connectivity index (χ0v) is 20.9. The van der Waals surface area contributed by atoms with E-state index in [2.05, 4.69) is 15.8 Å². The van der Waals surface area contributed by atoms with Gasteiger partial charge in [-0.2, -0.15) is 5.10 Å². The van der Waals surface area contributed by atoms with Gasteiger partial charge in [0.1, 0.15) is 0 Å². The molecule has 1 aliphatic rings. The summed E-state index contributed by atoms with van der Waals surface area (Å²) in [5.41, 5.74) is 7.11. The molecule has 0 saturated heterocycles. The fourth-order valence-electron chi connectivity index (χ4n) is 4.56. The van der Waals surface area contributed by atoms with E-state index in [0.717, 1.165) is 45.5 Å². The summed E-state index contributed by atoms with van der Waals surface area (Å²) in [4.78, 5) is 20.4. The van der Waals surface area contributed by atoms with Gasteiger partial charge < -0.3 is 4.90 Å². The molecular formula is C26H27N5O3S. The molecule has 0 aliphatic carbocycles. The molecule has 1 N–H and O–H groups in total. The van der Waals surface area contributed by atoms with Crippen LogP contribution in [0.2, 0.25) is 0 Å². The van der Waals surface area contributed by atoms with Crippen molar-refractivity contribution in [2.75, 3.05) is 11.0 Å². The third kappa shape index (κ3) is 4.51. The Bertz CT molecular complexity index is 1540. The standard InChI is InChI=1S/C26H27N5O3S/c1-16-9-10-22(29-35(4,33)34)21(11-16)26(32)30-15-20-8-6-5-7-19(20)12-24(30)23-13-25-27-18(3)17(2)14-31(25)28-23/h5-11,13-14,24,29H,12,15H2,1-4H3. The maximum absolute atomic E-state index is 14.0. The molecule has 0 saturated carbocycles. The average Bonchev–Trinajstić information content (AvgIpc) is 3.20. The zero-order valence-electron chi connectivity index (χ0n) is 20.1. The maximum Gasteiger partial charge on any atom is 0.256 e. The van der Waals surface area contributed by atoms with Gasteiger partial charge in [0.25, 0.3) is 5.91 Å². The van der Waals surface area contributed by atoms with E-state index in [1.54, 1.807) is 27.6 Å². The number of fused-ring (bicyclic) bond motifs is 2. The number of carbonyl (C=O) groups excluding carboxylic acids is 1. The average molecular weight is 490 g/mol. The summed E-state index contributed by atoms with van der Waals surface area (Å²) in [6.07, 6.45) is 3.62. The quantitative estimate of drug-likeness (QED) is 0.468. The van der Waals surface area contributed by atoms with E-state index in [0.29, 0.717) is 18.5 Å². The van der Waals surface area contributed by atoms with Crippen molar-refractivity contribution < 1.29 is 13.2 Å². The highest BCUT2D eigenvalue weighted by Gasteiger charge is 2.34. The molecule has 35 heavy (non-hydrogen) atoms. The summed E-state index contributed by atoms with van der Waals surface area (Å²) >= 11 is 0. The lowest BCUT2D eigenvalue weighted by Crippen LogP contribution is -2.39. The lowest BCUT2D eigenvalue weighted by molar-refractivity contribution is 0.0634. The van der Waals surface area contributed by atoms with Gasteiger partial charge in [0.15, 0.2) is 5.65 Å². The van der Waals surface area contributed by atoms with E-state index >= 15 is 0 Å². The Labute approximate surface area is 204 Å². The molecule has 9 heteroatoms. The van der Waals surface area contributed by atoms with Crippen LogP contribution in [-0.2, 0) is 23.0 Å². The van der Waals surface area contributed by atoms with Crippen molar-refractivity contribution in [2.45, 2.75) is 39.8 Å². The van der Waals surface area contributed by atoms with Crippen molar-refractivity contribution in [2.24, 2.45) is 0 Å². The smallest absolute Gasteiger partial charge is 0.256 e. The Kier molecular flexibility index (Phi) is 5.59. The second kappa shape index (κ2) is 8.49. The van der Waals surface area contributed by atoms with E-state index in [4.69, 9.17) is 5.10 Å². The molecule has 0 radical (unpaired) electrons. The van der Waals surface area contributed by atoms with Gasteiger partial charge in [-0.1, -0.05) is 35.9 Å². The molecule has 3 heterocycles. The summed E-state index contributed by atoms with van der Waals surface area (Å²) < 4.78 is 28.2. The van der Waals surface area contributed by atoms with E-state index in [9.17, 15) is 13.2 Å². The molecule has 2 aromatic heterocycles. The Morgan fingerprint density at radius 1 is 1.06 bits per heavy atom. The molecule has 1 amide bonds. The van der Waals surface area contributed by atoms with Crippen LogP contribution in [0, 0.1) is 20.8 Å². The minimum Gasteiger partial charge on any atom is -0.325 e. The van der Waals surface area contributed by atoms with Gasteiger partial charge in [-0.15, -0.1) is 0 Å². The Morgan fingerprint density at radius 3 is 2.54 bits per heavy atom. The van der Waals surface area contributed by atoms with Gasteiger partial charge in [0.2, 0.25) is 10.0 Å². The number of hydrogen-bond donors (Lipinski definition) is 1. The molecule has 1 unspecified atom stereocenters. The first-order chi connectivity index (χ1) is 16.6. The number of aromatic nitrogens is 3. The largest absolute Gasteiger partial charge is 0.325 e. The zero-order chi connectivity index (χ0) is 24.9. The lowest BCUT2D eigenvalue weighted by Gasteiger charge is -2.36. The van der Waals surface area contributed by atoms with Crippen molar-refractivity contribution in [3.05, 3.63) is 93.9 Å². The molecule has 1 atom stereocenters. The molecule has 8 nitrogen and oxygen atoms in total. The Balaban J connectivity index is 1.62. The normalized spacial score (nSPS) is 15.8. The van der Waals surface area contributed by atoms with Gasteiger partial charge in [0.05, 0.1) is 29.2 Å². The van der Waals surface area contributed by atoms with Crippen LogP contribution in [0.15, 0.2) is 54.7 Å². The summed E-state index contributed by atoms with van der Waals surface area (Å²) in [7, 11) is -3.56. The monoisotopic (exact) mass is 489 g/mol. The van der Waals surface area contributed by atoms with E-state index in [1.807, 2.05) is 51.2 Å². The van der Waals surface area contributed by atoms with Crippen LogP contribution in [0.3, 0.4) is 0 Å². The summed E-state index contributed by atoms with van der Waals surface area (Å²) in [5, 5.41) is 4.79. The summed E-state index contributed by atoms with van der Waals surface area (Å²) in [6.45, 7) is 6.22. The fraction of sp³-hybridized carbons (Fsp3) is 0.269. The van der Waals surface area contributed by atoms with Gasteiger partial charge in [-0.3, -0.25) is 9.52 Å². The molecule has 2 aromatic carbocycles. The number of anilines is 1. The first kappa shape index (κ1) is 23.0. The highest BCUT2D eigenvalue weighted by Crippen LogP contribution is 2.35. The molecule has 180 valence electrons. The molecule has 4 aromatic rings. The van der Waals surface area contributed by atoms with Gasteiger partial charge >= 0.3 is 0 Å². The number of nitrogens with zero attached hydrogens (tertiary/aromatic N) is 4. The van der Waals surface area contributed by atoms with Crippen molar-refractivity contribution in [3.63, 3.8) is 0 Å². The van der Waals surface area contributed by atoms with Crippen LogP contribution in [0.1, 0.15) is 50.0 Å². The molecule has 5 rings (SSSR count). The number of hydrogen-bond acceptors (Lipinski definition) is 5. The van der Waals surface area contributed by atoms with Crippen LogP contribution in [0.25, 0.3) is 5.65 Å². The van der Waals surface area contributed by atoms with Crippen LogP contribution in [0.4, 0.5) is 5.69 Å². The molecule has 1 aliphatic heterocycles. The van der Waals surface area contributed by atoms with E-state index in [-0.39, 0.29) is 17.6 Å². The van der Waals surface area contributed by atoms with Crippen molar-refractivity contribution >= 4 is 27.3 Å². The molecule has 0 spiro atoms. The van der Waals surface area contributed by atoms with Crippen LogP contribution < -0.4 is 4.72 Å². The van der Waals surface area contributed by atoms with Crippen LogP contribution >= 0.6 is 0 Å². The first-order valence-electron chi connectivity index (χ1n) is 11.4. The third-order valence-corrected chi connectivity index (χ3v) is 7.05. The maximum atomic E-state index is 14.0. The number of rotatable bonds is 4. The number of amides is 1. The molecule has 0 bridgehead atoms. The van der Waals surface area contributed by atoms with Crippen LogP contribution in [-0.4, -0.2) is 40.1 Å². The second-order valence-electron chi connectivity index (χ2n) is 9.23. The highest BCUT2D eigenvalue weighted by atomic mass is 32.2. The third-order valence-electron chi connectivity index (χ3n) is 6.46. The van der Waals surface area contributed by atoms with Gasteiger partial charge in [-0.05, 0) is 56.0 Å². The first-order valence-corrected chi connectivity index (χ1v) is 13.3. The molecular weight excluding hydrogens is 462 g/mol. The Morgan fingerprint density at radius 2 is 1.80 bits per heavy atom. The van der Waals surface area contributed by atoms with Gasteiger partial charge in [0, 0.05) is 24.5 Å². The van der Waals surface area contributed by atoms with E-state index in [1.165, 1.54) is 0 Å². The second-order valence-corrected chi connectivity index (χ2v) is 11.0. The van der Waals surface area contributed by atoms with E-state index < -0.39 is 10.0 Å². The van der Waals surface area contributed by atoms with Gasteiger partial charge in [-0.25, -0.2) is 17.9 Å². The minimum absolute atomic E-state index is 0.253. The number of carbonyl (C=O) groups is 1. The van der Waals surface area contributed by atoms with Crippen molar-refractivity contribution in [1.29, 1.82) is 0 Å². The molecule has 0 fully saturated rings. The number of benzene rings is 2. The topological polar surface area (TPSA) is 96.7 Å². The van der Waals surface area contributed by atoms with Crippen molar-refractivity contribution in [1.82, 2.24) is 19.5 Å². The summed E-state index contributed by atoms with van der Waals surface area (Å²) in [5.74, 6) is -0.253. The Hall–Kier alpha value is -3.72.